The molecular weight excluding hydrogens is 466 g/mol. The third-order valence-electron chi connectivity index (χ3n) is 3.07. The Labute approximate surface area is 183 Å². The fourth-order valence-corrected chi connectivity index (χ4v) is 2.86. The fraction of sp³-hybridized carbons (Fsp3) is 0.286. The summed E-state index contributed by atoms with van der Waals surface area (Å²) in [7, 11) is 0. The van der Waals surface area contributed by atoms with Crippen LogP contribution >= 0.6 is 39.5 Å². The van der Waals surface area contributed by atoms with Crippen LogP contribution in [0.3, 0.4) is 0 Å². The van der Waals surface area contributed by atoms with Crippen LogP contribution in [0.4, 0.5) is 8.78 Å². The molecule has 0 saturated carbocycles. The van der Waals surface area contributed by atoms with Crippen molar-refractivity contribution in [3.63, 3.8) is 0 Å². The lowest BCUT2D eigenvalue weighted by molar-refractivity contribution is 0.101. The summed E-state index contributed by atoms with van der Waals surface area (Å²) < 4.78 is 31.1. The van der Waals surface area contributed by atoms with E-state index in [4.69, 9.17) is 4.74 Å². The molecule has 0 saturated heterocycles. The number of rotatable bonds is 5. The van der Waals surface area contributed by atoms with Gasteiger partial charge in [-0.05, 0) is 85.6 Å². The van der Waals surface area contributed by atoms with Gasteiger partial charge in [0, 0.05) is 9.79 Å². The van der Waals surface area contributed by atoms with Crippen molar-refractivity contribution in [1.29, 1.82) is 0 Å². The summed E-state index contributed by atoms with van der Waals surface area (Å²) in [6.07, 6.45) is 3.78. The van der Waals surface area contributed by atoms with Gasteiger partial charge in [0.05, 0.1) is 22.4 Å². The number of ether oxygens (including phenoxy) is 1. The van der Waals surface area contributed by atoms with Crippen LogP contribution in [0.5, 0.6) is 0 Å². The first-order valence-electron chi connectivity index (χ1n) is 8.28. The fourth-order valence-electron chi connectivity index (χ4n) is 1.76. The number of halogens is 3. The minimum atomic E-state index is -0.436. The van der Waals surface area contributed by atoms with Crippen LogP contribution in [0.2, 0.25) is 0 Å². The molecule has 0 radical (unpaired) electrons. The number of carbonyl (C=O) groups is 1. The first-order chi connectivity index (χ1) is 13.2. The van der Waals surface area contributed by atoms with Gasteiger partial charge in [-0.25, -0.2) is 8.78 Å². The molecule has 0 bridgehead atoms. The molecule has 0 aliphatic rings. The molecule has 0 aliphatic heterocycles. The second-order valence-corrected chi connectivity index (χ2v) is 7.93. The smallest absolute Gasteiger partial charge is 0.162 e. The Morgan fingerprint density at radius 3 is 1.86 bits per heavy atom. The van der Waals surface area contributed by atoms with Crippen molar-refractivity contribution in [2.45, 2.75) is 30.6 Å². The Balaban J connectivity index is 0.000000414. The molecule has 0 aromatic heterocycles. The molecular formula is C21H25BrF2O2S2. The highest BCUT2D eigenvalue weighted by Crippen LogP contribution is 2.21. The van der Waals surface area contributed by atoms with Crippen LogP contribution in [0.15, 0.2) is 63.0 Å². The summed E-state index contributed by atoms with van der Waals surface area (Å²) in [4.78, 5) is 12.6. The molecule has 28 heavy (non-hydrogen) atoms. The van der Waals surface area contributed by atoms with E-state index in [1.165, 1.54) is 48.6 Å². The number of thioether (sulfide) groups is 2. The third-order valence-corrected chi connectivity index (χ3v) is 5.17. The van der Waals surface area contributed by atoms with Crippen molar-refractivity contribution < 1.29 is 18.3 Å². The van der Waals surface area contributed by atoms with Crippen molar-refractivity contribution in [2.75, 3.05) is 19.1 Å². The van der Waals surface area contributed by atoms with Gasteiger partial charge in [-0.1, -0.05) is 6.58 Å². The second-order valence-electron chi connectivity index (χ2n) is 5.32. The topological polar surface area (TPSA) is 26.3 Å². The molecule has 154 valence electrons. The van der Waals surface area contributed by atoms with Crippen LogP contribution in [0.1, 0.15) is 31.1 Å². The molecule has 0 heterocycles. The lowest BCUT2D eigenvalue weighted by Gasteiger charge is -2.00. The van der Waals surface area contributed by atoms with E-state index in [0.717, 1.165) is 22.2 Å². The first-order valence-corrected chi connectivity index (χ1v) is 11.5. The Hall–Kier alpha value is -1.31. The van der Waals surface area contributed by atoms with Crippen molar-refractivity contribution in [3.8, 4) is 0 Å². The van der Waals surface area contributed by atoms with Crippen LogP contribution in [-0.2, 0) is 4.74 Å². The van der Waals surface area contributed by atoms with E-state index in [1.54, 1.807) is 12.1 Å². The normalized spacial score (nSPS) is 9.43. The zero-order valence-corrected chi connectivity index (χ0v) is 19.9. The molecule has 0 spiro atoms. The molecule has 0 aliphatic carbocycles. The summed E-state index contributed by atoms with van der Waals surface area (Å²) in [5, 5.41) is 0. The number of hydrogen-bond acceptors (Lipinski definition) is 4. The summed E-state index contributed by atoms with van der Waals surface area (Å²) >= 11 is 6.06. The summed E-state index contributed by atoms with van der Waals surface area (Å²) in [5.41, 5.74) is 0.160. The molecule has 2 aromatic rings. The van der Waals surface area contributed by atoms with Gasteiger partial charge in [0.25, 0.3) is 0 Å². The maximum atomic E-state index is 13.1. The molecule has 2 aromatic carbocycles. The molecule has 0 fully saturated rings. The zero-order chi connectivity index (χ0) is 21.7. The minimum Gasteiger partial charge on any atom is -0.499 e. The van der Waals surface area contributed by atoms with Gasteiger partial charge in [-0.2, -0.15) is 0 Å². The maximum absolute atomic E-state index is 13.1. The molecule has 0 N–H and O–H groups in total. The summed E-state index contributed by atoms with van der Waals surface area (Å²) in [6.45, 7) is 9.39. The van der Waals surface area contributed by atoms with E-state index >= 15 is 0 Å². The van der Waals surface area contributed by atoms with Gasteiger partial charge < -0.3 is 4.74 Å². The average molecular weight is 491 g/mol. The monoisotopic (exact) mass is 490 g/mol. The summed E-state index contributed by atoms with van der Waals surface area (Å²) in [6, 6.07) is 9.73. The highest BCUT2D eigenvalue weighted by atomic mass is 79.9. The lowest BCUT2D eigenvalue weighted by atomic mass is 10.1. The van der Waals surface area contributed by atoms with Crippen LogP contribution in [-0.4, -0.2) is 24.9 Å². The van der Waals surface area contributed by atoms with E-state index in [9.17, 15) is 13.6 Å². The Morgan fingerprint density at radius 1 is 1.04 bits per heavy atom. The highest BCUT2D eigenvalue weighted by Gasteiger charge is 2.06. The van der Waals surface area contributed by atoms with E-state index in [0.29, 0.717) is 4.47 Å². The van der Waals surface area contributed by atoms with Gasteiger partial charge in [0.2, 0.25) is 0 Å². The van der Waals surface area contributed by atoms with Crippen molar-refractivity contribution in [2.24, 2.45) is 0 Å². The van der Waals surface area contributed by atoms with E-state index in [-0.39, 0.29) is 17.2 Å². The van der Waals surface area contributed by atoms with Crippen LogP contribution < -0.4 is 0 Å². The molecule has 0 unspecified atom stereocenters. The van der Waals surface area contributed by atoms with E-state index in [2.05, 4.69) is 22.5 Å². The molecule has 0 amide bonds. The maximum Gasteiger partial charge on any atom is 0.162 e. The van der Waals surface area contributed by atoms with E-state index < -0.39 is 5.82 Å². The number of benzene rings is 2. The molecule has 2 nitrogen and oxygen atoms in total. The zero-order valence-electron chi connectivity index (χ0n) is 16.6. The van der Waals surface area contributed by atoms with Gasteiger partial charge in [-0.3, -0.25) is 4.79 Å². The number of carbonyl (C=O) groups excluding carboxylic acids is 1. The summed E-state index contributed by atoms with van der Waals surface area (Å²) in [5.74, 6) is -0.0844. The van der Waals surface area contributed by atoms with Crippen molar-refractivity contribution in [1.82, 2.24) is 0 Å². The Morgan fingerprint density at radius 2 is 1.54 bits per heavy atom. The quantitative estimate of drug-likeness (QED) is 0.244. The number of allylic oxidation sites excluding steroid dienone is 1. The predicted octanol–water partition coefficient (Wildman–Crippen LogP) is 7.62. The highest BCUT2D eigenvalue weighted by molar-refractivity contribution is 9.10. The van der Waals surface area contributed by atoms with Crippen molar-refractivity contribution >= 4 is 45.2 Å². The standard InChI is InChI=1S/C9H9FOS.C7H6BrFS.C5H10O/c1-6(11)8-4-3-7(12-2)5-9(8)10;1-10-5-2-3-6(8)7(9)4-5;1-4-6-5(2)3/h3-5H,1-2H3;2-4H,1H3;2,4H2,1,3H3. The molecule has 7 heteroatoms. The number of Topliss-reactive ketones (excluding diaryl/α,β-unsaturated/α-hetero) is 1. The Bertz CT molecular complexity index is 783. The van der Waals surface area contributed by atoms with Gasteiger partial charge in [0.15, 0.2) is 5.78 Å². The predicted molar refractivity (Wildman–Crippen MR) is 121 cm³/mol. The number of ketones is 1. The molecule has 0 atom stereocenters. The van der Waals surface area contributed by atoms with Crippen LogP contribution in [0, 0.1) is 11.6 Å². The van der Waals surface area contributed by atoms with Crippen molar-refractivity contribution in [3.05, 3.63) is 70.4 Å². The SMILES string of the molecule is C=C(C)OCC.CSc1ccc(Br)c(F)c1.CSc1ccc(C(C)=O)c(F)c1. The molecule has 2 rings (SSSR count). The number of hydrogen-bond donors (Lipinski definition) is 0. The average Bonchev–Trinajstić information content (AvgIpc) is 2.64. The third kappa shape index (κ3) is 10.9. The van der Waals surface area contributed by atoms with Crippen LogP contribution in [0.25, 0.3) is 0 Å². The Kier molecular flexibility index (Phi) is 14.0. The second kappa shape index (κ2) is 14.7. The van der Waals surface area contributed by atoms with Gasteiger partial charge >= 0.3 is 0 Å². The van der Waals surface area contributed by atoms with E-state index in [1.807, 2.05) is 32.4 Å². The minimum absolute atomic E-state index is 0.160. The van der Waals surface area contributed by atoms with Gasteiger partial charge in [0.1, 0.15) is 11.6 Å². The van der Waals surface area contributed by atoms with Gasteiger partial charge in [-0.15, -0.1) is 23.5 Å². The lowest BCUT2D eigenvalue weighted by Crippen LogP contribution is -1.96. The first kappa shape index (κ1) is 26.7. The largest absolute Gasteiger partial charge is 0.499 e.